The van der Waals surface area contributed by atoms with Crippen molar-refractivity contribution in [2.45, 2.75) is 103 Å². The van der Waals surface area contributed by atoms with Crippen molar-refractivity contribution < 1.29 is 0 Å². The van der Waals surface area contributed by atoms with Crippen LogP contribution in [0, 0.1) is 23.7 Å². The molecule has 2 saturated heterocycles. The van der Waals surface area contributed by atoms with Gasteiger partial charge in [-0.2, -0.15) is 0 Å². The zero-order chi connectivity index (χ0) is 23.3. The quantitative estimate of drug-likeness (QED) is 0.333. The maximum absolute atomic E-state index is 2.89. The van der Waals surface area contributed by atoms with Crippen LogP contribution >= 0.6 is 0 Å². The Balaban J connectivity index is 1.48. The Labute approximate surface area is 211 Å². The first-order valence-electron chi connectivity index (χ1n) is 15.3. The molecule has 2 fully saturated rings. The first-order chi connectivity index (χ1) is 16.9. The van der Waals surface area contributed by atoms with Gasteiger partial charge in [0.1, 0.15) is 0 Å². The van der Waals surface area contributed by atoms with Crippen LogP contribution in [-0.4, -0.2) is 49.1 Å². The second kappa shape index (κ2) is 15.3. The molecule has 0 amide bonds. The van der Waals surface area contributed by atoms with E-state index in [1.807, 2.05) is 0 Å². The lowest BCUT2D eigenvalue weighted by Gasteiger charge is -2.47. The van der Waals surface area contributed by atoms with Crippen LogP contribution in [0.4, 0.5) is 0 Å². The molecule has 192 valence electrons. The maximum Gasteiger partial charge on any atom is 0.00161 e. The molecule has 0 spiro atoms. The summed E-state index contributed by atoms with van der Waals surface area (Å²) < 4.78 is 0. The van der Waals surface area contributed by atoms with Crippen LogP contribution in [0.15, 0.2) is 36.5 Å². The standard InChI is InChI=1S/C32H54N2/c1-2-5-10-14-18-23-34-26-29-19-15-11-7-4-6-9-13-17-22-33-24-21-32(31(25-29)28-34)30(27-33)20-16-12-8-3-1/h1-2,9-10,13-14,29-32H,3-8,11-12,15-28H2/b2-1-,13-9+,14-10-/t29-,30+,31+,32+/m1/s1. The summed E-state index contributed by atoms with van der Waals surface area (Å²) in [5.74, 6) is 3.80. The van der Waals surface area contributed by atoms with Crippen LogP contribution in [0.25, 0.3) is 0 Å². The molecule has 2 nitrogen and oxygen atoms in total. The van der Waals surface area contributed by atoms with Crippen molar-refractivity contribution >= 4 is 0 Å². The molecular weight excluding hydrogens is 412 g/mol. The van der Waals surface area contributed by atoms with E-state index < -0.39 is 0 Å². The van der Waals surface area contributed by atoms with Crippen molar-refractivity contribution in [1.82, 2.24) is 9.80 Å². The molecule has 5 aliphatic heterocycles. The molecule has 6 atom stereocenters. The van der Waals surface area contributed by atoms with Gasteiger partial charge < -0.3 is 9.80 Å². The molecule has 5 aliphatic rings. The minimum atomic E-state index is 0.935. The van der Waals surface area contributed by atoms with E-state index in [0.29, 0.717) is 0 Å². The van der Waals surface area contributed by atoms with E-state index in [1.54, 1.807) is 0 Å². The van der Waals surface area contributed by atoms with Crippen molar-refractivity contribution in [2.75, 3.05) is 39.3 Å². The Bertz CT molecular complexity index is 635. The Morgan fingerprint density at radius 1 is 0.471 bits per heavy atom. The molecule has 6 bridgehead atoms. The lowest BCUT2D eigenvalue weighted by Crippen LogP contribution is -2.49. The molecule has 0 aliphatic carbocycles. The van der Waals surface area contributed by atoms with Crippen LogP contribution < -0.4 is 0 Å². The summed E-state index contributed by atoms with van der Waals surface area (Å²) in [6.45, 7) is 8.05. The third kappa shape index (κ3) is 8.98. The van der Waals surface area contributed by atoms with E-state index >= 15 is 0 Å². The van der Waals surface area contributed by atoms with E-state index in [0.717, 1.165) is 30.1 Å². The number of allylic oxidation sites excluding steroid dienone is 4. The highest BCUT2D eigenvalue weighted by atomic mass is 15.1. The Kier molecular flexibility index (Phi) is 11.8. The van der Waals surface area contributed by atoms with Gasteiger partial charge >= 0.3 is 0 Å². The average molecular weight is 467 g/mol. The van der Waals surface area contributed by atoms with Crippen molar-refractivity contribution in [1.29, 1.82) is 0 Å². The summed E-state index contributed by atoms with van der Waals surface area (Å²) in [7, 11) is 0. The first-order valence-corrected chi connectivity index (χ1v) is 15.3. The van der Waals surface area contributed by atoms with Crippen molar-refractivity contribution in [3.8, 4) is 0 Å². The average Bonchev–Trinajstić information content (AvgIpc) is 2.85. The molecule has 34 heavy (non-hydrogen) atoms. The fourth-order valence-corrected chi connectivity index (χ4v) is 7.46. The summed E-state index contributed by atoms with van der Waals surface area (Å²) in [4.78, 5) is 5.72. The van der Waals surface area contributed by atoms with E-state index in [4.69, 9.17) is 0 Å². The van der Waals surface area contributed by atoms with Crippen molar-refractivity contribution in [3.63, 3.8) is 0 Å². The van der Waals surface area contributed by atoms with E-state index in [9.17, 15) is 0 Å². The topological polar surface area (TPSA) is 6.48 Å². The van der Waals surface area contributed by atoms with Crippen molar-refractivity contribution in [3.05, 3.63) is 36.5 Å². The van der Waals surface area contributed by atoms with Crippen LogP contribution in [0.1, 0.15) is 103 Å². The highest BCUT2D eigenvalue weighted by molar-refractivity contribution is 4.95. The Morgan fingerprint density at radius 2 is 1.12 bits per heavy atom. The van der Waals surface area contributed by atoms with Gasteiger partial charge in [0.2, 0.25) is 0 Å². The fourth-order valence-electron chi connectivity index (χ4n) is 7.46. The summed E-state index contributed by atoms with van der Waals surface area (Å²) in [6.07, 6.45) is 36.8. The minimum absolute atomic E-state index is 0.935. The van der Waals surface area contributed by atoms with E-state index in [2.05, 4.69) is 46.3 Å². The van der Waals surface area contributed by atoms with Crippen LogP contribution in [-0.2, 0) is 0 Å². The smallest absolute Gasteiger partial charge is 0.00161 e. The highest BCUT2D eigenvalue weighted by Crippen LogP contribution is 2.40. The maximum atomic E-state index is 2.89. The zero-order valence-electron chi connectivity index (χ0n) is 22.2. The van der Waals surface area contributed by atoms with Gasteiger partial charge in [0.25, 0.3) is 0 Å². The number of nitrogens with zero attached hydrogens (tertiary/aromatic N) is 2. The summed E-state index contributed by atoms with van der Waals surface area (Å²) in [5.41, 5.74) is 0. The number of piperidine rings is 2. The summed E-state index contributed by atoms with van der Waals surface area (Å²) in [6, 6.07) is 0. The number of rotatable bonds is 0. The first kappa shape index (κ1) is 26.2. The predicted octanol–water partition coefficient (Wildman–Crippen LogP) is 8.02. The molecule has 5 heterocycles. The molecule has 0 radical (unpaired) electrons. The largest absolute Gasteiger partial charge is 0.303 e. The van der Waals surface area contributed by atoms with Gasteiger partial charge in [0.15, 0.2) is 0 Å². The van der Waals surface area contributed by atoms with Gasteiger partial charge in [-0.05, 0) is 101 Å². The molecule has 0 N–H and O–H groups in total. The zero-order valence-corrected chi connectivity index (χ0v) is 22.2. The molecule has 0 aromatic heterocycles. The molecule has 2 heteroatoms. The van der Waals surface area contributed by atoms with Gasteiger partial charge in [0, 0.05) is 32.7 Å². The molecular formula is C32H54N2. The minimum Gasteiger partial charge on any atom is -0.303 e. The second-order valence-corrected chi connectivity index (χ2v) is 12.0. The van der Waals surface area contributed by atoms with Gasteiger partial charge in [-0.25, -0.2) is 0 Å². The predicted molar refractivity (Wildman–Crippen MR) is 148 cm³/mol. The van der Waals surface area contributed by atoms with Crippen LogP contribution in [0.2, 0.25) is 0 Å². The van der Waals surface area contributed by atoms with E-state index in [1.165, 1.54) is 136 Å². The van der Waals surface area contributed by atoms with Gasteiger partial charge in [-0.15, -0.1) is 0 Å². The third-order valence-corrected chi connectivity index (χ3v) is 9.30. The van der Waals surface area contributed by atoms with Gasteiger partial charge in [0.05, 0.1) is 0 Å². The lowest BCUT2D eigenvalue weighted by molar-refractivity contribution is 0.0203. The van der Waals surface area contributed by atoms with Gasteiger partial charge in [-0.3, -0.25) is 0 Å². The van der Waals surface area contributed by atoms with Crippen LogP contribution in [0.3, 0.4) is 0 Å². The monoisotopic (exact) mass is 466 g/mol. The second-order valence-electron chi connectivity index (χ2n) is 12.0. The Morgan fingerprint density at radius 3 is 2.00 bits per heavy atom. The van der Waals surface area contributed by atoms with Gasteiger partial charge in [-0.1, -0.05) is 68.6 Å². The van der Waals surface area contributed by atoms with Crippen LogP contribution in [0.5, 0.6) is 0 Å². The molecule has 0 saturated carbocycles. The highest BCUT2D eigenvalue weighted by Gasteiger charge is 2.38. The lowest BCUT2D eigenvalue weighted by atomic mass is 9.69. The molecule has 0 aromatic carbocycles. The van der Waals surface area contributed by atoms with Crippen molar-refractivity contribution in [2.24, 2.45) is 23.7 Å². The third-order valence-electron chi connectivity index (χ3n) is 9.30. The molecule has 0 aromatic rings. The normalized spacial score (nSPS) is 40.2. The molecule has 5 rings (SSSR count). The summed E-state index contributed by atoms with van der Waals surface area (Å²) >= 11 is 0. The summed E-state index contributed by atoms with van der Waals surface area (Å²) in [5, 5.41) is 0. The number of fused-ring (bicyclic) bond motifs is 10. The molecule has 2 unspecified atom stereocenters. The fraction of sp³-hybridized carbons (Fsp3) is 0.812. The number of hydrogen-bond acceptors (Lipinski definition) is 2. The SMILES string of the molecule is C1=C\CCCCC[C@H]2CN3CC/C=C/CCCCCC[C@@H]4C[C@@H](CN(CC/C=C\C/1)C4)[C@H]2CC3. The van der Waals surface area contributed by atoms with E-state index in [-0.39, 0.29) is 0 Å². The number of hydrogen-bond donors (Lipinski definition) is 0. The Hall–Kier alpha value is -0.860.